The Labute approximate surface area is 107 Å². The molecule has 0 radical (unpaired) electrons. The minimum Gasteiger partial charge on any atom is -0.504 e. The first kappa shape index (κ1) is 13.3. The minimum atomic E-state index is -4.27. The summed E-state index contributed by atoms with van der Waals surface area (Å²) in [6.45, 7) is -1.86. The maximum absolute atomic E-state index is 12.7. The number of aromatic hydroxyl groups is 1. The van der Waals surface area contributed by atoms with Crippen molar-refractivity contribution in [2.45, 2.75) is 10.8 Å². The number of halogens is 3. The number of hydrogen-bond donors (Lipinski definition) is 2. The van der Waals surface area contributed by atoms with Crippen LogP contribution in [0.25, 0.3) is 0 Å². The predicted molar refractivity (Wildman–Crippen MR) is 61.2 cm³/mol. The molecule has 0 aliphatic carbocycles. The quantitative estimate of drug-likeness (QED) is 0.636. The molecule has 1 aromatic rings. The first-order valence-electron chi connectivity index (χ1n) is 4.80. The van der Waals surface area contributed by atoms with Gasteiger partial charge in [0.2, 0.25) is 10.0 Å². The summed E-state index contributed by atoms with van der Waals surface area (Å²) in [4.78, 5) is -0.639. The topological polar surface area (TPSA) is 83.6 Å². The smallest absolute Gasteiger partial charge is 0.275 e. The second kappa shape index (κ2) is 3.94. The number of alkyl halides is 2. The fourth-order valence-corrected chi connectivity index (χ4v) is 3.67. The van der Waals surface area contributed by atoms with Crippen LogP contribution in [0.15, 0.2) is 17.0 Å². The molecule has 0 unspecified atom stereocenters. The molecule has 1 aliphatic rings. The van der Waals surface area contributed by atoms with Crippen molar-refractivity contribution in [3.8, 4) is 5.75 Å². The highest BCUT2D eigenvalue weighted by Gasteiger charge is 2.50. The lowest BCUT2D eigenvalue weighted by Crippen LogP contribution is -2.58. The van der Waals surface area contributed by atoms with Gasteiger partial charge in [-0.25, -0.2) is 17.2 Å². The van der Waals surface area contributed by atoms with Crippen molar-refractivity contribution in [2.24, 2.45) is 0 Å². The Morgan fingerprint density at radius 1 is 1.39 bits per heavy atom. The van der Waals surface area contributed by atoms with Crippen molar-refractivity contribution >= 4 is 27.3 Å². The van der Waals surface area contributed by atoms with Crippen LogP contribution in [-0.2, 0) is 10.0 Å². The van der Waals surface area contributed by atoms with Gasteiger partial charge in [0.25, 0.3) is 5.92 Å². The molecule has 2 rings (SSSR count). The second-order valence-corrected chi connectivity index (χ2v) is 6.23. The summed E-state index contributed by atoms with van der Waals surface area (Å²) < 4.78 is 49.9. The zero-order chi connectivity index (χ0) is 13.7. The zero-order valence-electron chi connectivity index (χ0n) is 8.90. The average Bonchev–Trinajstić information content (AvgIpc) is 2.20. The Morgan fingerprint density at radius 3 is 2.44 bits per heavy atom. The van der Waals surface area contributed by atoms with Gasteiger partial charge >= 0.3 is 0 Å². The Bertz CT molecular complexity index is 598. The highest BCUT2D eigenvalue weighted by molar-refractivity contribution is 7.89. The maximum Gasteiger partial charge on any atom is 0.275 e. The summed E-state index contributed by atoms with van der Waals surface area (Å²) in [5, 5.41) is 9.34. The number of anilines is 1. The molecular formula is C9H9ClF2N2O3S. The second-order valence-electron chi connectivity index (χ2n) is 3.94. The third kappa shape index (κ3) is 2.00. The summed E-state index contributed by atoms with van der Waals surface area (Å²) in [6.07, 6.45) is 0. The monoisotopic (exact) mass is 298 g/mol. The van der Waals surface area contributed by atoms with Crippen LogP contribution in [0.1, 0.15) is 0 Å². The summed E-state index contributed by atoms with van der Waals surface area (Å²) >= 11 is 5.67. The van der Waals surface area contributed by atoms with Gasteiger partial charge < -0.3 is 10.8 Å². The van der Waals surface area contributed by atoms with Gasteiger partial charge in [0, 0.05) is 0 Å². The molecule has 100 valence electrons. The molecule has 0 atom stereocenters. The van der Waals surface area contributed by atoms with Crippen molar-refractivity contribution in [3.05, 3.63) is 17.2 Å². The van der Waals surface area contributed by atoms with Crippen LogP contribution in [0.4, 0.5) is 14.5 Å². The van der Waals surface area contributed by atoms with Gasteiger partial charge in [-0.05, 0) is 12.1 Å². The van der Waals surface area contributed by atoms with Crippen LogP contribution in [0.3, 0.4) is 0 Å². The van der Waals surface area contributed by atoms with E-state index in [9.17, 15) is 22.3 Å². The largest absolute Gasteiger partial charge is 0.504 e. The van der Waals surface area contributed by atoms with Crippen LogP contribution < -0.4 is 5.73 Å². The van der Waals surface area contributed by atoms with Crippen LogP contribution in [-0.4, -0.2) is 36.8 Å². The molecule has 1 fully saturated rings. The number of nitrogens with two attached hydrogens (primary N) is 1. The lowest BCUT2D eigenvalue weighted by molar-refractivity contribution is -0.0945. The normalized spacial score (nSPS) is 19.5. The van der Waals surface area contributed by atoms with Gasteiger partial charge in [-0.1, -0.05) is 11.6 Å². The third-order valence-corrected chi connectivity index (χ3v) is 4.82. The van der Waals surface area contributed by atoms with E-state index < -0.39 is 39.7 Å². The molecule has 0 bridgehead atoms. The van der Waals surface area contributed by atoms with E-state index in [1.807, 2.05) is 0 Å². The molecule has 1 aliphatic heterocycles. The van der Waals surface area contributed by atoms with E-state index in [0.717, 1.165) is 0 Å². The molecule has 1 aromatic carbocycles. The van der Waals surface area contributed by atoms with Crippen molar-refractivity contribution < 1.29 is 22.3 Å². The van der Waals surface area contributed by atoms with E-state index in [4.69, 9.17) is 17.3 Å². The van der Waals surface area contributed by atoms with Gasteiger partial charge in [0.1, 0.15) is 4.90 Å². The number of sulfonamides is 1. The van der Waals surface area contributed by atoms with Gasteiger partial charge in [0.05, 0.1) is 23.8 Å². The van der Waals surface area contributed by atoms with Crippen molar-refractivity contribution in [1.82, 2.24) is 4.31 Å². The Kier molecular flexibility index (Phi) is 2.91. The van der Waals surface area contributed by atoms with E-state index in [1.54, 1.807) is 0 Å². The van der Waals surface area contributed by atoms with Crippen LogP contribution in [0.2, 0.25) is 5.02 Å². The Morgan fingerprint density at radius 2 is 1.94 bits per heavy atom. The number of hydrogen-bond acceptors (Lipinski definition) is 4. The SMILES string of the molecule is Nc1ccc(Cl)c(S(=O)(=O)N2CC(F)(F)C2)c1O. The van der Waals surface area contributed by atoms with Crippen molar-refractivity contribution in [2.75, 3.05) is 18.8 Å². The molecule has 3 N–H and O–H groups in total. The minimum absolute atomic E-state index is 0.190. The number of rotatable bonds is 2. The molecule has 0 aromatic heterocycles. The Hall–Kier alpha value is -1.12. The van der Waals surface area contributed by atoms with E-state index >= 15 is 0 Å². The highest BCUT2D eigenvalue weighted by Crippen LogP contribution is 2.40. The number of nitrogen functional groups attached to an aromatic ring is 1. The van der Waals surface area contributed by atoms with Gasteiger partial charge in [-0.15, -0.1) is 0 Å². The van der Waals surface area contributed by atoms with Crippen LogP contribution in [0, 0.1) is 0 Å². The van der Waals surface area contributed by atoms with Gasteiger partial charge in [-0.2, -0.15) is 4.31 Å². The summed E-state index contributed by atoms with van der Waals surface area (Å²) in [5.41, 5.74) is 5.17. The molecule has 1 heterocycles. The molecule has 0 amide bonds. The summed E-state index contributed by atoms with van der Waals surface area (Å²) in [5.74, 6) is -3.77. The maximum atomic E-state index is 12.7. The first-order valence-corrected chi connectivity index (χ1v) is 6.62. The number of benzene rings is 1. The Balaban J connectivity index is 2.47. The van der Waals surface area contributed by atoms with Gasteiger partial charge in [-0.3, -0.25) is 0 Å². The van der Waals surface area contributed by atoms with Crippen molar-refractivity contribution in [3.63, 3.8) is 0 Å². The lowest BCUT2D eigenvalue weighted by atomic mass is 10.2. The molecular weight excluding hydrogens is 290 g/mol. The lowest BCUT2D eigenvalue weighted by Gasteiger charge is -2.37. The fraction of sp³-hybridized carbons (Fsp3) is 0.333. The zero-order valence-corrected chi connectivity index (χ0v) is 10.5. The molecule has 0 saturated carbocycles. The van der Waals surface area contributed by atoms with Gasteiger partial charge in [0.15, 0.2) is 5.75 Å². The molecule has 0 spiro atoms. The van der Waals surface area contributed by atoms with E-state index in [-0.39, 0.29) is 10.7 Å². The molecule has 9 heteroatoms. The first-order chi connectivity index (χ1) is 8.15. The number of phenolic OH excluding ortho intramolecular Hbond substituents is 1. The summed E-state index contributed by atoms with van der Waals surface area (Å²) in [7, 11) is -4.27. The molecule has 1 saturated heterocycles. The predicted octanol–water partition coefficient (Wildman–Crippen LogP) is 1.27. The van der Waals surface area contributed by atoms with Crippen LogP contribution in [0.5, 0.6) is 5.75 Å². The number of phenols is 1. The van der Waals surface area contributed by atoms with E-state index in [2.05, 4.69) is 0 Å². The van der Waals surface area contributed by atoms with E-state index in [1.165, 1.54) is 12.1 Å². The standard InChI is InChI=1S/C9H9ClF2N2O3S/c10-5-1-2-6(13)7(15)8(5)18(16,17)14-3-9(11,12)4-14/h1-2,15H,3-4,13H2. The van der Waals surface area contributed by atoms with E-state index in [0.29, 0.717) is 4.31 Å². The summed E-state index contributed by atoms with van der Waals surface area (Å²) in [6, 6.07) is 2.41. The molecule has 5 nitrogen and oxygen atoms in total. The van der Waals surface area contributed by atoms with Crippen LogP contribution >= 0.6 is 11.6 Å². The van der Waals surface area contributed by atoms with Crippen molar-refractivity contribution in [1.29, 1.82) is 0 Å². The average molecular weight is 299 g/mol. The highest BCUT2D eigenvalue weighted by atomic mass is 35.5. The third-order valence-electron chi connectivity index (χ3n) is 2.53. The molecule has 18 heavy (non-hydrogen) atoms. The fourth-order valence-electron chi connectivity index (χ4n) is 1.58. The number of nitrogens with zero attached hydrogens (tertiary/aromatic N) is 1.